The zero-order valence-electron chi connectivity index (χ0n) is 13.0. The minimum atomic E-state index is -1.22. The third-order valence-electron chi connectivity index (χ3n) is 4.35. The lowest BCUT2D eigenvalue weighted by Crippen LogP contribution is -2.54. The van der Waals surface area contributed by atoms with E-state index >= 15 is 0 Å². The van der Waals surface area contributed by atoms with E-state index < -0.39 is 11.4 Å². The summed E-state index contributed by atoms with van der Waals surface area (Å²) in [6.45, 7) is 0.464. The fourth-order valence-corrected chi connectivity index (χ4v) is 3.32. The van der Waals surface area contributed by atoms with Crippen LogP contribution in [0.3, 0.4) is 0 Å². The second-order valence-corrected chi connectivity index (χ2v) is 6.20. The minimum Gasteiger partial charge on any atom is -0.367 e. The molecule has 1 fully saturated rings. The van der Waals surface area contributed by atoms with Gasteiger partial charge in [-0.2, -0.15) is 0 Å². The van der Waals surface area contributed by atoms with Crippen LogP contribution in [0.15, 0.2) is 42.9 Å². The maximum absolute atomic E-state index is 12.8. The van der Waals surface area contributed by atoms with Gasteiger partial charge >= 0.3 is 0 Å². The quantitative estimate of drug-likeness (QED) is 0.913. The second kappa shape index (κ2) is 6.57. The van der Waals surface area contributed by atoms with Gasteiger partial charge in [-0.3, -0.25) is 19.6 Å². The van der Waals surface area contributed by atoms with Crippen molar-refractivity contribution in [3.8, 4) is 0 Å². The highest BCUT2D eigenvalue weighted by Crippen LogP contribution is 2.38. The Bertz CT molecular complexity index is 751. The summed E-state index contributed by atoms with van der Waals surface area (Å²) < 4.78 is 0. The Morgan fingerprint density at radius 3 is 2.62 bits per heavy atom. The van der Waals surface area contributed by atoms with E-state index in [0.717, 1.165) is 5.56 Å². The fraction of sp³-hybridized carbons (Fsp3) is 0.294. The summed E-state index contributed by atoms with van der Waals surface area (Å²) in [4.78, 5) is 34.9. The molecule has 1 unspecified atom stereocenters. The van der Waals surface area contributed by atoms with Crippen molar-refractivity contribution in [3.05, 3.63) is 59.1 Å². The molecule has 1 aliphatic rings. The first-order valence-corrected chi connectivity index (χ1v) is 8.03. The first-order chi connectivity index (χ1) is 11.5. The molecule has 0 aliphatic carbocycles. The standard InChI is InChI=1S/C17H17ClN4O2/c18-13-4-2-12(3-5-13)10-15(23)22-9-1-6-17(22,16(19)24)14-11-20-7-8-21-14/h2-5,7-8,11H,1,6,9-10H2,(H2,19,24). The highest BCUT2D eigenvalue weighted by Gasteiger charge is 2.51. The smallest absolute Gasteiger partial charge is 0.249 e. The largest absolute Gasteiger partial charge is 0.367 e. The molecule has 2 N–H and O–H groups in total. The van der Waals surface area contributed by atoms with Gasteiger partial charge in [0.25, 0.3) is 0 Å². The Balaban J connectivity index is 1.91. The molecule has 1 aromatic carbocycles. The molecule has 1 aliphatic heterocycles. The summed E-state index contributed by atoms with van der Waals surface area (Å²) >= 11 is 5.87. The predicted molar refractivity (Wildman–Crippen MR) is 89.0 cm³/mol. The molecule has 0 radical (unpaired) electrons. The molecule has 0 spiro atoms. The SMILES string of the molecule is NC(=O)C1(c2cnccn2)CCCN1C(=O)Cc1ccc(Cl)cc1. The molecule has 3 rings (SSSR count). The number of nitrogens with zero attached hydrogens (tertiary/aromatic N) is 3. The van der Waals surface area contributed by atoms with Gasteiger partial charge in [-0.25, -0.2) is 0 Å². The monoisotopic (exact) mass is 344 g/mol. The van der Waals surface area contributed by atoms with E-state index in [2.05, 4.69) is 9.97 Å². The summed E-state index contributed by atoms with van der Waals surface area (Å²) in [5.41, 5.74) is 5.71. The lowest BCUT2D eigenvalue weighted by molar-refractivity contribution is -0.144. The zero-order chi connectivity index (χ0) is 17.2. The number of halogens is 1. The number of hydrogen-bond acceptors (Lipinski definition) is 4. The Labute approximate surface area is 144 Å². The normalized spacial score (nSPS) is 20.1. The number of primary amides is 1. The lowest BCUT2D eigenvalue weighted by atomic mass is 9.90. The third-order valence-corrected chi connectivity index (χ3v) is 4.60. The van der Waals surface area contributed by atoms with Gasteiger partial charge in [0.1, 0.15) is 0 Å². The van der Waals surface area contributed by atoms with Crippen LogP contribution in [0.4, 0.5) is 0 Å². The van der Waals surface area contributed by atoms with E-state index in [0.29, 0.717) is 30.1 Å². The van der Waals surface area contributed by atoms with Gasteiger partial charge in [0, 0.05) is 24.0 Å². The van der Waals surface area contributed by atoms with Crippen LogP contribution in [0.1, 0.15) is 24.1 Å². The Kier molecular flexibility index (Phi) is 4.49. The number of amides is 2. The molecular weight excluding hydrogens is 328 g/mol. The lowest BCUT2D eigenvalue weighted by Gasteiger charge is -2.35. The van der Waals surface area contributed by atoms with E-state index in [1.165, 1.54) is 23.5 Å². The molecule has 1 saturated heterocycles. The average Bonchev–Trinajstić information content (AvgIpc) is 3.04. The molecule has 1 atom stereocenters. The average molecular weight is 345 g/mol. The number of rotatable bonds is 4. The van der Waals surface area contributed by atoms with Crippen LogP contribution in [0.25, 0.3) is 0 Å². The van der Waals surface area contributed by atoms with Crippen LogP contribution in [0.5, 0.6) is 0 Å². The van der Waals surface area contributed by atoms with E-state index in [9.17, 15) is 9.59 Å². The third kappa shape index (κ3) is 2.85. The van der Waals surface area contributed by atoms with Crippen molar-refractivity contribution in [2.24, 2.45) is 5.73 Å². The van der Waals surface area contributed by atoms with Gasteiger partial charge in [-0.1, -0.05) is 23.7 Å². The van der Waals surface area contributed by atoms with Gasteiger partial charge in [0.05, 0.1) is 18.3 Å². The van der Waals surface area contributed by atoms with E-state index in [-0.39, 0.29) is 12.3 Å². The van der Waals surface area contributed by atoms with Crippen molar-refractivity contribution < 1.29 is 9.59 Å². The molecule has 7 heteroatoms. The molecule has 0 bridgehead atoms. The molecule has 124 valence electrons. The number of benzene rings is 1. The van der Waals surface area contributed by atoms with E-state index in [4.69, 9.17) is 17.3 Å². The molecule has 2 amide bonds. The van der Waals surface area contributed by atoms with Crippen LogP contribution < -0.4 is 5.73 Å². The number of carbonyl (C=O) groups excluding carboxylic acids is 2. The minimum absolute atomic E-state index is 0.167. The number of hydrogen-bond donors (Lipinski definition) is 1. The Morgan fingerprint density at radius 1 is 1.25 bits per heavy atom. The first kappa shape index (κ1) is 16.4. The molecule has 0 saturated carbocycles. The van der Waals surface area contributed by atoms with Gasteiger partial charge in [0.2, 0.25) is 11.8 Å². The summed E-state index contributed by atoms with van der Waals surface area (Å²) in [6.07, 6.45) is 5.83. The number of likely N-dealkylation sites (tertiary alicyclic amines) is 1. The van der Waals surface area contributed by atoms with Crippen molar-refractivity contribution in [1.29, 1.82) is 0 Å². The molecule has 24 heavy (non-hydrogen) atoms. The highest BCUT2D eigenvalue weighted by atomic mass is 35.5. The van der Waals surface area contributed by atoms with E-state index in [1.807, 2.05) is 0 Å². The molecule has 1 aromatic heterocycles. The van der Waals surface area contributed by atoms with E-state index in [1.54, 1.807) is 24.3 Å². The van der Waals surface area contributed by atoms with Crippen LogP contribution >= 0.6 is 11.6 Å². The highest BCUT2D eigenvalue weighted by molar-refractivity contribution is 6.30. The zero-order valence-corrected chi connectivity index (χ0v) is 13.7. The second-order valence-electron chi connectivity index (χ2n) is 5.77. The number of aromatic nitrogens is 2. The summed E-state index contributed by atoms with van der Waals surface area (Å²) in [5.74, 6) is -0.746. The topological polar surface area (TPSA) is 89.2 Å². The Morgan fingerprint density at radius 2 is 2.00 bits per heavy atom. The van der Waals surface area contributed by atoms with Crippen molar-refractivity contribution in [2.45, 2.75) is 24.8 Å². The molecule has 2 aromatic rings. The maximum Gasteiger partial charge on any atom is 0.249 e. The van der Waals surface area contributed by atoms with Crippen LogP contribution in [-0.4, -0.2) is 33.2 Å². The van der Waals surface area contributed by atoms with Crippen molar-refractivity contribution >= 4 is 23.4 Å². The molecular formula is C17H17ClN4O2. The van der Waals surface area contributed by atoms with Crippen LogP contribution in [0, 0.1) is 0 Å². The van der Waals surface area contributed by atoms with Crippen LogP contribution in [-0.2, 0) is 21.5 Å². The number of carbonyl (C=O) groups is 2. The van der Waals surface area contributed by atoms with Gasteiger partial charge in [-0.05, 0) is 30.5 Å². The predicted octanol–water partition coefficient (Wildman–Crippen LogP) is 1.68. The Hall–Kier alpha value is -2.47. The summed E-state index contributed by atoms with van der Waals surface area (Å²) in [7, 11) is 0. The van der Waals surface area contributed by atoms with Gasteiger partial charge < -0.3 is 10.6 Å². The van der Waals surface area contributed by atoms with Crippen LogP contribution in [0.2, 0.25) is 5.02 Å². The number of nitrogens with two attached hydrogens (primary N) is 1. The molecule has 2 heterocycles. The summed E-state index contributed by atoms with van der Waals surface area (Å²) in [5, 5.41) is 0.610. The molecule has 6 nitrogen and oxygen atoms in total. The van der Waals surface area contributed by atoms with Crippen molar-refractivity contribution in [3.63, 3.8) is 0 Å². The van der Waals surface area contributed by atoms with Crippen molar-refractivity contribution in [1.82, 2.24) is 14.9 Å². The van der Waals surface area contributed by atoms with Gasteiger partial charge in [0.15, 0.2) is 5.54 Å². The van der Waals surface area contributed by atoms with Crippen molar-refractivity contribution in [2.75, 3.05) is 6.54 Å². The maximum atomic E-state index is 12.8. The first-order valence-electron chi connectivity index (χ1n) is 7.65. The summed E-state index contributed by atoms with van der Waals surface area (Å²) in [6, 6.07) is 7.06. The van der Waals surface area contributed by atoms with Gasteiger partial charge in [-0.15, -0.1) is 0 Å². The fourth-order valence-electron chi connectivity index (χ4n) is 3.19.